The van der Waals surface area contributed by atoms with Gasteiger partial charge in [0.1, 0.15) is 23.9 Å². The molecule has 10 nitrogen and oxygen atoms in total. The molecule has 1 aromatic carbocycles. The number of aryl methyl sites for hydroxylation is 1. The second-order valence-electron chi connectivity index (χ2n) is 3.90. The van der Waals surface area contributed by atoms with Crippen LogP contribution in [0.3, 0.4) is 0 Å². The minimum Gasteiger partial charge on any atom is -0.334 e. The summed E-state index contributed by atoms with van der Waals surface area (Å²) < 4.78 is 0. The first-order valence-corrected chi connectivity index (χ1v) is 5.50. The summed E-state index contributed by atoms with van der Waals surface area (Å²) in [5.41, 5.74) is -2.84. The molecule has 108 valence electrons. The molecule has 0 aliphatic heterocycles. The van der Waals surface area contributed by atoms with Gasteiger partial charge in [0.2, 0.25) is 0 Å². The van der Waals surface area contributed by atoms with Crippen molar-refractivity contribution in [3.05, 3.63) is 49.2 Å². The quantitative estimate of drug-likeness (QED) is 0.499. The van der Waals surface area contributed by atoms with E-state index in [9.17, 15) is 20.2 Å². The van der Waals surface area contributed by atoms with Gasteiger partial charge in [-0.15, -0.1) is 0 Å². The Morgan fingerprint density at radius 1 is 1.05 bits per heavy atom. The molecular formula is C12H6N6O4. The Morgan fingerprint density at radius 3 is 1.82 bits per heavy atom. The lowest BCUT2D eigenvalue weighted by molar-refractivity contribution is -0.392. The van der Waals surface area contributed by atoms with Gasteiger partial charge in [-0.3, -0.25) is 20.2 Å². The summed E-state index contributed by atoms with van der Waals surface area (Å²) in [5.74, 6) is 0. The fourth-order valence-corrected chi connectivity index (χ4v) is 1.57. The minimum absolute atomic E-state index is 0.271. The molecule has 22 heavy (non-hydrogen) atoms. The van der Waals surface area contributed by atoms with E-state index in [2.05, 4.69) is 5.32 Å². The summed E-state index contributed by atoms with van der Waals surface area (Å²) in [4.78, 5) is 20.4. The lowest BCUT2D eigenvalue weighted by Crippen LogP contribution is -2.07. The predicted octanol–water partition coefficient (Wildman–Crippen LogP) is 2.05. The van der Waals surface area contributed by atoms with Gasteiger partial charge in [-0.25, -0.2) is 0 Å². The fraction of sp³-hybridized carbons (Fsp3) is 0.0833. The number of benzene rings is 1. The van der Waals surface area contributed by atoms with Crippen molar-refractivity contribution in [1.29, 1.82) is 15.8 Å². The molecule has 0 fully saturated rings. The van der Waals surface area contributed by atoms with E-state index in [1.54, 1.807) is 0 Å². The van der Waals surface area contributed by atoms with E-state index in [-0.39, 0.29) is 5.56 Å². The zero-order valence-electron chi connectivity index (χ0n) is 11.0. The molecule has 0 bridgehead atoms. The van der Waals surface area contributed by atoms with Crippen LogP contribution < -0.4 is 5.32 Å². The lowest BCUT2D eigenvalue weighted by atomic mass is 10.1. The maximum Gasteiger partial charge on any atom is 0.300 e. The van der Waals surface area contributed by atoms with Gasteiger partial charge in [0.05, 0.1) is 9.85 Å². The number of nitrogens with one attached hydrogen (secondary N) is 1. The van der Waals surface area contributed by atoms with Crippen molar-refractivity contribution in [2.75, 3.05) is 5.32 Å². The number of hydrogen-bond acceptors (Lipinski definition) is 8. The van der Waals surface area contributed by atoms with Crippen LogP contribution in [-0.4, -0.2) is 9.85 Å². The van der Waals surface area contributed by atoms with Crippen LogP contribution in [0.15, 0.2) is 23.4 Å². The summed E-state index contributed by atoms with van der Waals surface area (Å²) in [6.07, 6.45) is 0. The van der Waals surface area contributed by atoms with Crippen LogP contribution >= 0.6 is 0 Å². The van der Waals surface area contributed by atoms with E-state index in [4.69, 9.17) is 15.8 Å². The van der Waals surface area contributed by atoms with Crippen LogP contribution in [0.5, 0.6) is 0 Å². The highest BCUT2D eigenvalue weighted by Gasteiger charge is 2.27. The maximum atomic E-state index is 11.0. The van der Waals surface area contributed by atoms with E-state index in [0.717, 1.165) is 12.1 Å². The maximum absolute atomic E-state index is 11.0. The molecule has 0 spiro atoms. The van der Waals surface area contributed by atoms with Crippen molar-refractivity contribution < 1.29 is 9.85 Å². The highest BCUT2D eigenvalue weighted by atomic mass is 16.6. The molecule has 0 aromatic heterocycles. The SMILES string of the molecule is Cc1cc([N+](=O)[O-])c(NC(C#N)=C(C#N)C#N)c([N+](=O)[O-])c1. The molecule has 0 amide bonds. The molecule has 0 atom stereocenters. The smallest absolute Gasteiger partial charge is 0.300 e. The number of nitro groups is 2. The van der Waals surface area contributed by atoms with Gasteiger partial charge in [0.15, 0.2) is 11.3 Å². The second-order valence-corrected chi connectivity index (χ2v) is 3.90. The Bertz CT molecular complexity index is 770. The second kappa shape index (κ2) is 6.46. The van der Waals surface area contributed by atoms with E-state index < -0.39 is 38.2 Å². The highest BCUT2D eigenvalue weighted by Crippen LogP contribution is 2.36. The molecule has 1 rings (SSSR count). The zero-order valence-corrected chi connectivity index (χ0v) is 11.0. The van der Waals surface area contributed by atoms with Crippen LogP contribution in [0, 0.1) is 61.1 Å². The van der Waals surface area contributed by atoms with Crippen molar-refractivity contribution in [3.8, 4) is 18.2 Å². The first kappa shape index (κ1) is 16.1. The molecular weight excluding hydrogens is 292 g/mol. The summed E-state index contributed by atoms with van der Waals surface area (Å²) in [6, 6.07) is 6.47. The van der Waals surface area contributed by atoms with Crippen molar-refractivity contribution >= 4 is 17.1 Å². The standard InChI is InChI=1S/C12H6N6O4/c1-7-2-10(17(19)20)12(11(3-7)18(21)22)16-9(6-15)8(4-13)5-14/h2-3,16H,1H3. The highest BCUT2D eigenvalue weighted by molar-refractivity contribution is 5.78. The number of nitriles is 3. The molecule has 0 radical (unpaired) electrons. The van der Waals surface area contributed by atoms with Crippen molar-refractivity contribution in [2.45, 2.75) is 6.92 Å². The number of hydrogen-bond donors (Lipinski definition) is 1. The summed E-state index contributed by atoms with van der Waals surface area (Å²) in [6.45, 7) is 1.43. The predicted molar refractivity (Wildman–Crippen MR) is 72.0 cm³/mol. The molecule has 0 aliphatic carbocycles. The van der Waals surface area contributed by atoms with Gasteiger partial charge >= 0.3 is 0 Å². The normalized spacial score (nSPS) is 8.82. The molecule has 0 saturated heterocycles. The number of rotatable bonds is 4. The van der Waals surface area contributed by atoms with Gasteiger partial charge in [0, 0.05) is 12.1 Å². The van der Waals surface area contributed by atoms with Gasteiger partial charge in [0.25, 0.3) is 11.4 Å². The molecule has 1 N–H and O–H groups in total. The van der Waals surface area contributed by atoms with E-state index in [0.29, 0.717) is 0 Å². The van der Waals surface area contributed by atoms with Crippen molar-refractivity contribution in [3.63, 3.8) is 0 Å². The van der Waals surface area contributed by atoms with Crippen LogP contribution in [0.4, 0.5) is 17.1 Å². The van der Waals surface area contributed by atoms with Crippen LogP contribution in [0.25, 0.3) is 0 Å². The molecule has 0 unspecified atom stereocenters. The summed E-state index contributed by atoms with van der Waals surface area (Å²) >= 11 is 0. The van der Waals surface area contributed by atoms with Crippen molar-refractivity contribution in [1.82, 2.24) is 0 Å². The van der Waals surface area contributed by atoms with Gasteiger partial charge in [-0.1, -0.05) is 0 Å². The monoisotopic (exact) mass is 298 g/mol. The van der Waals surface area contributed by atoms with Gasteiger partial charge in [-0.05, 0) is 12.5 Å². The Kier molecular flexibility index (Phi) is 4.72. The Morgan fingerprint density at radius 2 is 1.50 bits per heavy atom. The third-order valence-corrected chi connectivity index (χ3v) is 2.47. The largest absolute Gasteiger partial charge is 0.334 e. The average molecular weight is 298 g/mol. The molecule has 0 aliphatic rings. The van der Waals surface area contributed by atoms with E-state index in [1.807, 2.05) is 0 Å². The van der Waals surface area contributed by atoms with Gasteiger partial charge in [-0.2, -0.15) is 15.8 Å². The molecule has 0 heterocycles. The Labute approximate surface area is 123 Å². The van der Waals surface area contributed by atoms with Crippen LogP contribution in [0.1, 0.15) is 5.56 Å². The lowest BCUT2D eigenvalue weighted by Gasteiger charge is -2.07. The van der Waals surface area contributed by atoms with E-state index >= 15 is 0 Å². The first-order valence-electron chi connectivity index (χ1n) is 5.50. The van der Waals surface area contributed by atoms with Gasteiger partial charge < -0.3 is 5.32 Å². The van der Waals surface area contributed by atoms with E-state index in [1.165, 1.54) is 25.1 Å². The summed E-state index contributed by atoms with van der Waals surface area (Å²) in [5, 5.41) is 50.6. The number of nitro benzene ring substituents is 2. The number of allylic oxidation sites excluding steroid dienone is 2. The number of nitrogens with zero attached hydrogens (tertiary/aromatic N) is 5. The zero-order chi connectivity index (χ0) is 16.9. The molecule has 1 aromatic rings. The third-order valence-electron chi connectivity index (χ3n) is 2.47. The minimum atomic E-state index is -0.865. The topological polar surface area (TPSA) is 170 Å². The Balaban J connectivity index is 3.67. The third kappa shape index (κ3) is 3.13. The first-order chi connectivity index (χ1) is 10.3. The summed E-state index contributed by atoms with van der Waals surface area (Å²) in [7, 11) is 0. The fourth-order valence-electron chi connectivity index (χ4n) is 1.57. The molecule has 10 heteroatoms. The Hall–Kier alpha value is -3.97. The molecule has 0 saturated carbocycles. The van der Waals surface area contributed by atoms with Crippen LogP contribution in [-0.2, 0) is 0 Å². The van der Waals surface area contributed by atoms with Crippen LogP contribution in [0.2, 0.25) is 0 Å². The van der Waals surface area contributed by atoms with Crippen molar-refractivity contribution in [2.24, 2.45) is 0 Å². The average Bonchev–Trinajstić information content (AvgIpc) is 2.47. The number of anilines is 1.